The average Bonchev–Trinajstić information content (AvgIpc) is 3.09. The van der Waals surface area contributed by atoms with Crippen molar-refractivity contribution in [1.82, 2.24) is 10.3 Å². The minimum atomic E-state index is 0.542. The monoisotopic (exact) mass is 322 g/mol. The molecule has 0 radical (unpaired) electrons. The van der Waals surface area contributed by atoms with Crippen LogP contribution in [0, 0.1) is 0 Å². The molecule has 0 aliphatic carbocycles. The van der Waals surface area contributed by atoms with Crippen LogP contribution in [0.25, 0.3) is 10.6 Å². The Morgan fingerprint density at radius 3 is 3.14 bits per heavy atom. The Morgan fingerprint density at radius 2 is 2.33 bits per heavy atom. The van der Waals surface area contributed by atoms with E-state index in [0.717, 1.165) is 36.8 Å². The molecule has 114 valence electrons. The summed E-state index contributed by atoms with van der Waals surface area (Å²) in [5, 5.41) is 3.42. The standard InChI is InChI=1S/C16H22N2OS2/c1-11(2)17-6-3-4-16-18-9-13(19-16)15-8-12-10-20-7-5-14(12)21-15/h8-9,11,17H,3-7,10H2,1-2H3. The van der Waals surface area contributed by atoms with Gasteiger partial charge in [0.25, 0.3) is 0 Å². The first-order valence-electron chi connectivity index (χ1n) is 7.60. The maximum absolute atomic E-state index is 5.92. The van der Waals surface area contributed by atoms with Crippen LogP contribution in [-0.2, 0) is 18.6 Å². The molecule has 0 saturated heterocycles. The maximum atomic E-state index is 5.92. The van der Waals surface area contributed by atoms with Gasteiger partial charge in [0.2, 0.25) is 0 Å². The second kappa shape index (κ2) is 6.99. The molecule has 3 nitrogen and oxygen atoms in total. The fraction of sp³-hybridized carbons (Fsp3) is 0.562. The maximum Gasteiger partial charge on any atom is 0.194 e. The van der Waals surface area contributed by atoms with Gasteiger partial charge >= 0.3 is 0 Å². The lowest BCUT2D eigenvalue weighted by Gasteiger charge is -2.08. The van der Waals surface area contributed by atoms with E-state index in [9.17, 15) is 0 Å². The van der Waals surface area contributed by atoms with E-state index in [1.165, 1.54) is 27.5 Å². The summed E-state index contributed by atoms with van der Waals surface area (Å²) >= 11 is 3.90. The number of oxazole rings is 1. The van der Waals surface area contributed by atoms with Gasteiger partial charge in [-0.25, -0.2) is 4.98 Å². The first-order valence-corrected chi connectivity index (χ1v) is 9.57. The minimum absolute atomic E-state index is 0.542. The Morgan fingerprint density at radius 1 is 1.43 bits per heavy atom. The van der Waals surface area contributed by atoms with Crippen LogP contribution in [-0.4, -0.2) is 23.3 Å². The highest BCUT2D eigenvalue weighted by Crippen LogP contribution is 2.37. The van der Waals surface area contributed by atoms with E-state index in [1.807, 2.05) is 29.3 Å². The number of hydrogen-bond donors (Lipinski definition) is 1. The first-order chi connectivity index (χ1) is 10.2. The van der Waals surface area contributed by atoms with Crippen LogP contribution in [0.4, 0.5) is 0 Å². The molecule has 0 bridgehead atoms. The third-order valence-corrected chi connectivity index (χ3v) is 5.80. The lowest BCUT2D eigenvalue weighted by molar-refractivity contribution is 0.485. The second-order valence-corrected chi connectivity index (χ2v) is 7.93. The van der Waals surface area contributed by atoms with E-state index >= 15 is 0 Å². The molecule has 2 aromatic heterocycles. The number of thioether (sulfide) groups is 1. The smallest absolute Gasteiger partial charge is 0.194 e. The fourth-order valence-electron chi connectivity index (χ4n) is 2.44. The van der Waals surface area contributed by atoms with Crippen LogP contribution in [0.1, 0.15) is 36.6 Å². The third-order valence-electron chi connectivity index (χ3n) is 3.54. The highest BCUT2D eigenvalue weighted by atomic mass is 32.2. The van der Waals surface area contributed by atoms with Crippen molar-refractivity contribution in [3.63, 3.8) is 0 Å². The minimum Gasteiger partial charge on any atom is -0.440 e. The normalized spacial score (nSPS) is 14.6. The van der Waals surface area contributed by atoms with E-state index in [4.69, 9.17) is 4.42 Å². The molecular formula is C16H22N2OS2. The summed E-state index contributed by atoms with van der Waals surface area (Å²) < 4.78 is 5.92. The van der Waals surface area contributed by atoms with Crippen molar-refractivity contribution >= 4 is 23.1 Å². The van der Waals surface area contributed by atoms with E-state index < -0.39 is 0 Å². The van der Waals surface area contributed by atoms with Crippen molar-refractivity contribution in [2.75, 3.05) is 12.3 Å². The summed E-state index contributed by atoms with van der Waals surface area (Å²) in [7, 11) is 0. The summed E-state index contributed by atoms with van der Waals surface area (Å²) in [5.74, 6) is 4.19. The van der Waals surface area contributed by atoms with Gasteiger partial charge in [-0.3, -0.25) is 0 Å². The zero-order valence-corrected chi connectivity index (χ0v) is 14.3. The van der Waals surface area contributed by atoms with Crippen LogP contribution in [0.2, 0.25) is 0 Å². The largest absolute Gasteiger partial charge is 0.440 e. The molecule has 1 aliphatic rings. The van der Waals surface area contributed by atoms with Crippen molar-refractivity contribution < 1.29 is 4.42 Å². The molecular weight excluding hydrogens is 300 g/mol. The number of nitrogens with zero attached hydrogens (tertiary/aromatic N) is 1. The Labute approximate surface area is 134 Å². The molecule has 21 heavy (non-hydrogen) atoms. The highest BCUT2D eigenvalue weighted by Gasteiger charge is 2.16. The molecule has 1 N–H and O–H groups in total. The topological polar surface area (TPSA) is 38.1 Å². The number of rotatable bonds is 6. The molecule has 5 heteroatoms. The Hall–Kier alpha value is -0.780. The van der Waals surface area contributed by atoms with Crippen LogP contribution in [0.15, 0.2) is 16.7 Å². The van der Waals surface area contributed by atoms with Crippen molar-refractivity contribution in [3.05, 3.63) is 28.6 Å². The number of fused-ring (bicyclic) bond motifs is 1. The summed E-state index contributed by atoms with van der Waals surface area (Å²) in [4.78, 5) is 7.19. The lowest BCUT2D eigenvalue weighted by atomic mass is 10.2. The Kier molecular flexibility index (Phi) is 5.03. The highest BCUT2D eigenvalue weighted by molar-refractivity contribution is 7.98. The van der Waals surface area contributed by atoms with Crippen LogP contribution in [0.5, 0.6) is 0 Å². The third kappa shape index (κ3) is 3.90. The van der Waals surface area contributed by atoms with Crippen LogP contribution < -0.4 is 5.32 Å². The molecule has 0 unspecified atom stereocenters. The van der Waals surface area contributed by atoms with Crippen molar-refractivity contribution in [2.24, 2.45) is 0 Å². The summed E-state index contributed by atoms with van der Waals surface area (Å²) in [6, 6.07) is 2.83. The predicted octanol–water partition coefficient (Wildman–Crippen LogP) is 4.12. The van der Waals surface area contributed by atoms with Crippen molar-refractivity contribution in [2.45, 2.75) is 44.9 Å². The van der Waals surface area contributed by atoms with Crippen molar-refractivity contribution in [1.29, 1.82) is 0 Å². The quantitative estimate of drug-likeness (QED) is 0.812. The Bertz CT molecular complexity index is 565. The molecule has 3 rings (SSSR count). The molecule has 3 heterocycles. The Balaban J connectivity index is 1.60. The van der Waals surface area contributed by atoms with Gasteiger partial charge in [0, 0.05) is 23.1 Å². The van der Waals surface area contributed by atoms with Gasteiger partial charge in [-0.2, -0.15) is 11.8 Å². The predicted molar refractivity (Wildman–Crippen MR) is 91.1 cm³/mol. The molecule has 0 saturated carbocycles. The first kappa shape index (κ1) is 15.1. The molecule has 0 amide bonds. The summed E-state index contributed by atoms with van der Waals surface area (Å²) in [6.07, 6.45) is 5.05. The van der Waals surface area contributed by atoms with Gasteiger partial charge in [0.15, 0.2) is 11.7 Å². The number of aryl methyl sites for hydroxylation is 2. The lowest BCUT2D eigenvalue weighted by Crippen LogP contribution is -2.23. The molecule has 0 aromatic carbocycles. The van der Waals surface area contributed by atoms with E-state index in [2.05, 4.69) is 30.2 Å². The number of thiophene rings is 1. The average molecular weight is 322 g/mol. The van der Waals surface area contributed by atoms with E-state index in [0.29, 0.717) is 6.04 Å². The molecule has 0 spiro atoms. The summed E-state index contributed by atoms with van der Waals surface area (Å²) in [5.41, 5.74) is 1.49. The second-order valence-electron chi connectivity index (χ2n) is 5.69. The van der Waals surface area contributed by atoms with Gasteiger partial charge in [0.05, 0.1) is 11.1 Å². The van der Waals surface area contributed by atoms with E-state index in [1.54, 1.807) is 0 Å². The number of nitrogens with one attached hydrogen (secondary N) is 1. The molecule has 0 fully saturated rings. The van der Waals surface area contributed by atoms with Gasteiger partial charge in [-0.1, -0.05) is 13.8 Å². The van der Waals surface area contributed by atoms with Gasteiger partial charge in [-0.05, 0) is 36.8 Å². The van der Waals surface area contributed by atoms with Gasteiger partial charge in [-0.15, -0.1) is 11.3 Å². The van der Waals surface area contributed by atoms with Crippen molar-refractivity contribution in [3.8, 4) is 10.6 Å². The van der Waals surface area contributed by atoms with Gasteiger partial charge in [0.1, 0.15) is 0 Å². The zero-order chi connectivity index (χ0) is 14.7. The van der Waals surface area contributed by atoms with Crippen LogP contribution >= 0.6 is 23.1 Å². The molecule has 2 aromatic rings. The van der Waals surface area contributed by atoms with Gasteiger partial charge < -0.3 is 9.73 Å². The molecule has 0 atom stereocenters. The van der Waals surface area contributed by atoms with E-state index in [-0.39, 0.29) is 0 Å². The SMILES string of the molecule is CC(C)NCCCc1ncc(-c2cc3c(s2)CCSC3)o1. The zero-order valence-electron chi connectivity index (χ0n) is 12.6. The summed E-state index contributed by atoms with van der Waals surface area (Å²) in [6.45, 7) is 5.35. The number of hydrogen-bond acceptors (Lipinski definition) is 5. The van der Waals surface area contributed by atoms with Crippen LogP contribution in [0.3, 0.4) is 0 Å². The number of aromatic nitrogens is 1. The fourth-order valence-corrected chi connectivity index (χ4v) is 4.76. The molecule has 1 aliphatic heterocycles.